The number of aryl methyl sites for hydroxylation is 2. The molecule has 0 saturated carbocycles. The molecule has 0 N–H and O–H groups in total. The first kappa shape index (κ1) is 18.3. The standard InChI is InChI=1S/C18H12I2O2S/c1-13-3-5-17(15(11-13)7-9-19)23(21,22)18-6-4-14(2)12-16(18)8-10-20/h3-6,11-12H,1-2H3. The van der Waals surface area contributed by atoms with Crippen molar-refractivity contribution in [2.45, 2.75) is 23.6 Å². The van der Waals surface area contributed by atoms with Crippen molar-refractivity contribution in [2.24, 2.45) is 0 Å². The fourth-order valence-electron chi connectivity index (χ4n) is 2.17. The van der Waals surface area contributed by atoms with Crippen molar-refractivity contribution in [1.29, 1.82) is 0 Å². The van der Waals surface area contributed by atoms with Gasteiger partial charge in [0, 0.05) is 56.3 Å². The minimum absolute atomic E-state index is 0.215. The molecule has 0 amide bonds. The molecule has 116 valence electrons. The van der Waals surface area contributed by atoms with Gasteiger partial charge in [-0.2, -0.15) is 0 Å². The summed E-state index contributed by atoms with van der Waals surface area (Å²) in [7, 11) is -3.69. The monoisotopic (exact) mass is 546 g/mol. The molecule has 0 aliphatic rings. The van der Waals surface area contributed by atoms with Crippen LogP contribution in [0, 0.1) is 33.5 Å². The average Bonchev–Trinajstić information content (AvgIpc) is 2.47. The van der Waals surface area contributed by atoms with Gasteiger partial charge in [-0.25, -0.2) is 8.42 Å². The maximum absolute atomic E-state index is 13.1. The van der Waals surface area contributed by atoms with Gasteiger partial charge >= 0.3 is 0 Å². The average molecular weight is 546 g/mol. The number of hydrogen-bond donors (Lipinski definition) is 0. The second kappa shape index (κ2) is 7.69. The molecule has 2 rings (SSSR count). The summed E-state index contributed by atoms with van der Waals surface area (Å²) < 4.78 is 31.7. The molecule has 0 aromatic heterocycles. The first-order chi connectivity index (χ1) is 10.9. The molecular formula is C18H12I2O2S. The minimum Gasteiger partial charge on any atom is -0.218 e. The Bertz CT molecular complexity index is 910. The zero-order valence-electron chi connectivity index (χ0n) is 12.4. The molecule has 0 saturated heterocycles. The lowest BCUT2D eigenvalue weighted by Gasteiger charge is -2.10. The summed E-state index contributed by atoms with van der Waals surface area (Å²) in [6.07, 6.45) is 0. The van der Waals surface area contributed by atoms with Crippen LogP contribution < -0.4 is 0 Å². The maximum Gasteiger partial charge on any atom is 0.209 e. The molecule has 23 heavy (non-hydrogen) atoms. The highest BCUT2D eigenvalue weighted by molar-refractivity contribution is 14.1. The van der Waals surface area contributed by atoms with E-state index in [0.29, 0.717) is 11.1 Å². The summed E-state index contributed by atoms with van der Waals surface area (Å²) in [6.45, 7) is 3.82. The van der Waals surface area contributed by atoms with Gasteiger partial charge in [0.1, 0.15) is 0 Å². The van der Waals surface area contributed by atoms with Gasteiger partial charge in [-0.1, -0.05) is 24.0 Å². The summed E-state index contributed by atoms with van der Waals surface area (Å²) in [5, 5.41) is 0. The number of rotatable bonds is 2. The van der Waals surface area contributed by atoms with Crippen LogP contribution in [0.25, 0.3) is 0 Å². The van der Waals surface area contributed by atoms with E-state index in [9.17, 15) is 8.42 Å². The normalized spacial score (nSPS) is 10.3. The van der Waals surface area contributed by atoms with Crippen LogP contribution in [0.2, 0.25) is 0 Å². The Kier molecular flexibility index (Phi) is 6.12. The summed E-state index contributed by atoms with van der Waals surface area (Å²) in [6, 6.07) is 10.4. The van der Waals surface area contributed by atoms with Gasteiger partial charge in [-0.15, -0.1) is 0 Å². The van der Waals surface area contributed by atoms with E-state index in [0.717, 1.165) is 11.1 Å². The molecule has 0 heterocycles. The summed E-state index contributed by atoms with van der Waals surface area (Å²) >= 11 is 3.81. The molecule has 0 bridgehead atoms. The predicted molar refractivity (Wildman–Crippen MR) is 110 cm³/mol. The third-order valence-corrected chi connectivity index (χ3v) is 5.62. The Balaban J connectivity index is 2.77. The lowest BCUT2D eigenvalue weighted by Crippen LogP contribution is -2.07. The molecule has 0 aliphatic carbocycles. The lowest BCUT2D eigenvalue weighted by atomic mass is 10.1. The second-order valence-corrected chi connectivity index (χ2v) is 7.91. The Labute approximate surface area is 164 Å². The first-order valence-corrected chi connectivity index (χ1v) is 10.2. The van der Waals surface area contributed by atoms with Gasteiger partial charge < -0.3 is 0 Å². The Morgan fingerprint density at radius 2 is 1.17 bits per heavy atom. The highest BCUT2D eigenvalue weighted by Crippen LogP contribution is 2.27. The molecule has 0 unspecified atom stereocenters. The van der Waals surface area contributed by atoms with E-state index in [1.165, 1.54) is 0 Å². The molecule has 2 nitrogen and oxygen atoms in total. The third kappa shape index (κ3) is 4.09. The quantitative estimate of drug-likeness (QED) is 0.407. The molecule has 5 heteroatoms. The van der Waals surface area contributed by atoms with E-state index in [-0.39, 0.29) is 9.79 Å². The number of sulfone groups is 1. The van der Waals surface area contributed by atoms with Gasteiger partial charge in [0.05, 0.1) is 9.79 Å². The molecule has 0 fully saturated rings. The van der Waals surface area contributed by atoms with E-state index >= 15 is 0 Å². The van der Waals surface area contributed by atoms with Crippen molar-refractivity contribution in [3.8, 4) is 19.7 Å². The van der Waals surface area contributed by atoms with Gasteiger partial charge in [0.2, 0.25) is 9.84 Å². The van der Waals surface area contributed by atoms with Crippen LogP contribution >= 0.6 is 45.2 Å². The Hall–Kier alpha value is -1.03. The van der Waals surface area contributed by atoms with Gasteiger partial charge in [0.15, 0.2) is 0 Å². The van der Waals surface area contributed by atoms with Gasteiger partial charge in [-0.05, 0) is 57.1 Å². The van der Waals surface area contributed by atoms with Crippen molar-refractivity contribution >= 4 is 55.0 Å². The van der Waals surface area contributed by atoms with Crippen LogP contribution in [0.4, 0.5) is 0 Å². The third-order valence-electron chi connectivity index (χ3n) is 3.21. The Morgan fingerprint density at radius 3 is 1.52 bits per heavy atom. The van der Waals surface area contributed by atoms with Gasteiger partial charge in [-0.3, -0.25) is 0 Å². The smallest absolute Gasteiger partial charge is 0.209 e. The molecular weight excluding hydrogens is 534 g/mol. The summed E-state index contributed by atoms with van der Waals surface area (Å²) in [4.78, 5) is 0.431. The highest BCUT2D eigenvalue weighted by Gasteiger charge is 2.23. The maximum atomic E-state index is 13.1. The molecule has 0 atom stereocenters. The highest BCUT2D eigenvalue weighted by atomic mass is 127. The van der Waals surface area contributed by atoms with E-state index in [1.807, 2.05) is 59.0 Å². The minimum atomic E-state index is -3.69. The fourth-order valence-corrected chi connectivity index (χ4v) is 4.28. The van der Waals surface area contributed by atoms with E-state index in [4.69, 9.17) is 0 Å². The fraction of sp³-hybridized carbons (Fsp3) is 0.111. The topological polar surface area (TPSA) is 34.1 Å². The van der Waals surface area contributed by atoms with Crippen LogP contribution in [0.3, 0.4) is 0 Å². The van der Waals surface area contributed by atoms with Crippen molar-refractivity contribution in [2.75, 3.05) is 0 Å². The SMILES string of the molecule is Cc1ccc(S(=O)(=O)c2ccc(C)cc2C#CI)c(C#CI)c1. The number of hydrogen-bond acceptors (Lipinski definition) is 2. The van der Waals surface area contributed by atoms with Crippen molar-refractivity contribution < 1.29 is 8.42 Å². The summed E-state index contributed by atoms with van der Waals surface area (Å²) in [5.41, 5.74) is 2.95. The molecule has 0 radical (unpaired) electrons. The zero-order chi connectivity index (χ0) is 17.0. The number of halogens is 2. The molecule has 2 aromatic rings. The van der Waals surface area contributed by atoms with Crippen molar-refractivity contribution in [3.63, 3.8) is 0 Å². The van der Waals surface area contributed by atoms with E-state index in [1.54, 1.807) is 36.4 Å². The second-order valence-electron chi connectivity index (χ2n) is 4.94. The first-order valence-electron chi connectivity index (χ1n) is 6.60. The van der Waals surface area contributed by atoms with Crippen LogP contribution in [-0.2, 0) is 9.84 Å². The lowest BCUT2D eigenvalue weighted by molar-refractivity contribution is 0.595. The van der Waals surface area contributed by atoms with E-state index in [2.05, 4.69) is 19.7 Å². The molecule has 0 spiro atoms. The predicted octanol–water partition coefficient (Wildman–Crippen LogP) is 4.62. The van der Waals surface area contributed by atoms with E-state index < -0.39 is 9.84 Å². The number of benzene rings is 2. The van der Waals surface area contributed by atoms with Crippen molar-refractivity contribution in [1.82, 2.24) is 0 Å². The molecule has 2 aromatic carbocycles. The zero-order valence-corrected chi connectivity index (χ0v) is 17.6. The van der Waals surface area contributed by atoms with Crippen LogP contribution in [0.5, 0.6) is 0 Å². The summed E-state index contributed by atoms with van der Waals surface area (Å²) in [5.74, 6) is 5.75. The molecule has 0 aliphatic heterocycles. The van der Waals surface area contributed by atoms with Crippen molar-refractivity contribution in [3.05, 3.63) is 58.7 Å². The van der Waals surface area contributed by atoms with Crippen LogP contribution in [0.15, 0.2) is 46.2 Å². The van der Waals surface area contributed by atoms with Crippen LogP contribution in [0.1, 0.15) is 22.3 Å². The van der Waals surface area contributed by atoms with Crippen LogP contribution in [-0.4, -0.2) is 8.42 Å². The largest absolute Gasteiger partial charge is 0.218 e. The Morgan fingerprint density at radius 1 is 0.783 bits per heavy atom. The van der Waals surface area contributed by atoms with Gasteiger partial charge in [0.25, 0.3) is 0 Å².